The van der Waals surface area contributed by atoms with E-state index in [2.05, 4.69) is 0 Å². The molecule has 0 bridgehead atoms. The summed E-state index contributed by atoms with van der Waals surface area (Å²) < 4.78 is 5.57. The summed E-state index contributed by atoms with van der Waals surface area (Å²) in [7, 11) is 0. The summed E-state index contributed by atoms with van der Waals surface area (Å²) in [6.07, 6.45) is 0. The monoisotopic (exact) mass is 554 g/mol. The highest BCUT2D eigenvalue weighted by molar-refractivity contribution is 6.32. The van der Waals surface area contributed by atoms with Gasteiger partial charge in [0.1, 0.15) is 51.2 Å². The molecule has 10 nitrogen and oxygen atoms in total. The number of aryl methyl sites for hydroxylation is 2. The summed E-state index contributed by atoms with van der Waals surface area (Å²) in [5.74, 6) is -3.50. The van der Waals surface area contributed by atoms with Gasteiger partial charge in [-0.1, -0.05) is 30.3 Å². The first-order valence-electron chi connectivity index (χ1n) is 12.2. The number of carbonyl (C=O) groups is 2. The van der Waals surface area contributed by atoms with E-state index in [0.717, 1.165) is 23.8 Å². The highest BCUT2D eigenvalue weighted by atomic mass is 16.3. The van der Waals surface area contributed by atoms with E-state index >= 15 is 0 Å². The highest BCUT2D eigenvalue weighted by Crippen LogP contribution is 2.45. The van der Waals surface area contributed by atoms with Crippen molar-refractivity contribution >= 4 is 22.5 Å². The predicted molar refractivity (Wildman–Crippen MR) is 147 cm³/mol. The lowest BCUT2D eigenvalue weighted by molar-refractivity contribution is 0.0969. The molecule has 206 valence electrons. The summed E-state index contributed by atoms with van der Waals surface area (Å²) in [6, 6.07) is 15.2. The molecule has 0 saturated heterocycles. The zero-order valence-electron chi connectivity index (χ0n) is 21.6. The number of carbonyl (C=O) groups excluding carboxylic acids is 2. The normalized spacial score (nSPS) is 12.0. The number of benzene rings is 4. The molecule has 4 aromatic carbocycles. The first-order valence-corrected chi connectivity index (χ1v) is 12.2. The van der Waals surface area contributed by atoms with E-state index in [1.54, 1.807) is 0 Å². The number of phenolic OH excluding ortho intramolecular Hbond substituents is 6. The zero-order chi connectivity index (χ0) is 29.7. The van der Waals surface area contributed by atoms with Crippen molar-refractivity contribution < 1.29 is 44.6 Å². The Morgan fingerprint density at radius 2 is 1.10 bits per heavy atom. The van der Waals surface area contributed by atoms with Crippen LogP contribution in [0.5, 0.6) is 34.5 Å². The predicted octanol–water partition coefficient (Wildman–Crippen LogP) is 4.77. The fourth-order valence-electron chi connectivity index (χ4n) is 4.73. The molecule has 5 aromatic rings. The van der Waals surface area contributed by atoms with Gasteiger partial charge in [0.05, 0.1) is 22.3 Å². The van der Waals surface area contributed by atoms with Crippen molar-refractivity contribution in [3.63, 3.8) is 0 Å². The number of ketones is 2. The fourth-order valence-corrected chi connectivity index (χ4v) is 4.73. The van der Waals surface area contributed by atoms with Gasteiger partial charge in [-0.05, 0) is 37.1 Å². The number of hydrogen-bond donors (Lipinski definition) is 6. The summed E-state index contributed by atoms with van der Waals surface area (Å²) in [4.78, 5) is 37.1. The number of aromatic hydroxyl groups is 6. The van der Waals surface area contributed by atoms with Crippen LogP contribution in [0.15, 0.2) is 69.9 Å². The molecular formula is C31H22O10. The van der Waals surface area contributed by atoms with Crippen LogP contribution in [-0.2, 0) is 0 Å². The van der Waals surface area contributed by atoms with Gasteiger partial charge in [0.15, 0.2) is 5.43 Å². The topological polar surface area (TPSA) is 186 Å². The van der Waals surface area contributed by atoms with E-state index in [1.165, 1.54) is 26.0 Å². The molecule has 10 heteroatoms. The molecule has 0 fully saturated rings. The molecule has 0 unspecified atom stereocenters. The van der Waals surface area contributed by atoms with Crippen molar-refractivity contribution in [3.05, 3.63) is 104 Å². The van der Waals surface area contributed by atoms with Crippen molar-refractivity contribution in [2.24, 2.45) is 0 Å². The van der Waals surface area contributed by atoms with Crippen molar-refractivity contribution in [3.8, 4) is 45.8 Å². The van der Waals surface area contributed by atoms with E-state index in [4.69, 9.17) is 4.42 Å². The van der Waals surface area contributed by atoms with Crippen LogP contribution in [0.25, 0.3) is 22.3 Å². The Bertz CT molecular complexity index is 1900. The molecule has 1 heterocycles. The Morgan fingerprint density at radius 1 is 0.585 bits per heavy atom. The van der Waals surface area contributed by atoms with Gasteiger partial charge in [0, 0.05) is 23.8 Å². The van der Waals surface area contributed by atoms with Crippen LogP contribution >= 0.6 is 0 Å². The minimum absolute atomic E-state index is 0.0671. The average Bonchev–Trinajstić information content (AvgIpc) is 2.91. The SMILES string of the molecule is Cc1cc(O)c2c(c1O)C(=O)c1c(O)cc(C)c(O)c1C2=O.O=c1cc(-c2ccccc2)oc2cc(O)cc(O)c12. The van der Waals surface area contributed by atoms with Crippen LogP contribution in [0.3, 0.4) is 0 Å². The van der Waals surface area contributed by atoms with E-state index < -0.39 is 34.6 Å². The van der Waals surface area contributed by atoms with Gasteiger partial charge in [0.2, 0.25) is 11.6 Å². The lowest BCUT2D eigenvalue weighted by Crippen LogP contribution is -2.22. The van der Waals surface area contributed by atoms with E-state index in [9.17, 15) is 45.0 Å². The molecule has 0 aliphatic heterocycles. The molecule has 6 N–H and O–H groups in total. The maximum atomic E-state index is 12.6. The van der Waals surface area contributed by atoms with Gasteiger partial charge in [-0.2, -0.15) is 0 Å². The quantitative estimate of drug-likeness (QED) is 0.155. The van der Waals surface area contributed by atoms with Crippen molar-refractivity contribution in [1.82, 2.24) is 0 Å². The zero-order valence-corrected chi connectivity index (χ0v) is 21.6. The molecule has 1 aliphatic carbocycles. The second-order valence-corrected chi connectivity index (χ2v) is 9.46. The van der Waals surface area contributed by atoms with Crippen LogP contribution in [0.2, 0.25) is 0 Å². The van der Waals surface area contributed by atoms with Crippen molar-refractivity contribution in [1.29, 1.82) is 0 Å². The average molecular weight is 555 g/mol. The third-order valence-electron chi connectivity index (χ3n) is 6.70. The van der Waals surface area contributed by atoms with Crippen LogP contribution in [0.1, 0.15) is 43.0 Å². The lowest BCUT2D eigenvalue weighted by Gasteiger charge is -2.22. The first-order chi connectivity index (χ1) is 19.4. The van der Waals surface area contributed by atoms with Crippen molar-refractivity contribution in [2.75, 3.05) is 0 Å². The van der Waals surface area contributed by atoms with Gasteiger partial charge in [-0.25, -0.2) is 0 Å². The molecule has 0 saturated carbocycles. The van der Waals surface area contributed by atoms with Gasteiger partial charge in [-0.3, -0.25) is 14.4 Å². The molecule has 0 atom stereocenters. The maximum Gasteiger partial charge on any atom is 0.202 e. The lowest BCUT2D eigenvalue weighted by atomic mass is 9.80. The van der Waals surface area contributed by atoms with Crippen LogP contribution < -0.4 is 5.43 Å². The standard InChI is InChI=1S/C16H12O6.C15H10O4/c1-5-3-7(17)9-11(13(5)19)15(21)10-8(18)4-6(2)14(20)12(10)16(9)22;16-10-6-11(17)15-12(18)8-13(19-14(15)7-10)9-4-2-1-3-5-9/h3-4,17-20H,1-2H3;1-8,16-17H. The highest BCUT2D eigenvalue weighted by Gasteiger charge is 2.39. The van der Waals surface area contributed by atoms with Gasteiger partial charge < -0.3 is 35.1 Å². The van der Waals surface area contributed by atoms with Gasteiger partial charge >= 0.3 is 0 Å². The smallest absolute Gasteiger partial charge is 0.202 e. The minimum Gasteiger partial charge on any atom is -0.508 e. The van der Waals surface area contributed by atoms with E-state index in [-0.39, 0.29) is 61.3 Å². The second-order valence-electron chi connectivity index (χ2n) is 9.46. The van der Waals surface area contributed by atoms with Gasteiger partial charge in [-0.15, -0.1) is 0 Å². The molecule has 41 heavy (non-hydrogen) atoms. The fraction of sp³-hybridized carbons (Fsp3) is 0.0645. The van der Waals surface area contributed by atoms with Gasteiger partial charge in [0.25, 0.3) is 0 Å². The number of rotatable bonds is 1. The molecule has 1 aromatic heterocycles. The molecule has 0 amide bonds. The van der Waals surface area contributed by atoms with E-state index in [0.29, 0.717) is 5.76 Å². The molecule has 6 rings (SSSR count). The third kappa shape index (κ3) is 4.37. The largest absolute Gasteiger partial charge is 0.508 e. The molecule has 0 radical (unpaired) electrons. The summed E-state index contributed by atoms with van der Waals surface area (Å²) in [5.41, 5.74) is -0.483. The van der Waals surface area contributed by atoms with Crippen LogP contribution in [0.4, 0.5) is 0 Å². The Labute approximate surface area is 231 Å². The summed E-state index contributed by atoms with van der Waals surface area (Å²) >= 11 is 0. The number of fused-ring (bicyclic) bond motifs is 3. The second kappa shape index (κ2) is 9.76. The Balaban J connectivity index is 0.000000166. The Morgan fingerprint density at radius 3 is 1.61 bits per heavy atom. The van der Waals surface area contributed by atoms with Crippen LogP contribution in [-0.4, -0.2) is 42.2 Å². The van der Waals surface area contributed by atoms with Crippen LogP contribution in [0, 0.1) is 13.8 Å². The Kier molecular flexibility index (Phi) is 6.39. The molecule has 1 aliphatic rings. The minimum atomic E-state index is -0.825. The first kappa shape index (κ1) is 26.8. The third-order valence-corrected chi connectivity index (χ3v) is 6.70. The maximum absolute atomic E-state index is 12.6. The summed E-state index contributed by atoms with van der Waals surface area (Å²) in [6.45, 7) is 2.93. The number of phenols is 6. The van der Waals surface area contributed by atoms with E-state index in [1.807, 2.05) is 30.3 Å². The Hall–Kier alpha value is -5.77. The van der Waals surface area contributed by atoms with Crippen molar-refractivity contribution in [2.45, 2.75) is 13.8 Å². The summed E-state index contributed by atoms with van der Waals surface area (Å²) in [5, 5.41) is 59.3. The number of hydrogen-bond acceptors (Lipinski definition) is 10. The molecular weight excluding hydrogens is 532 g/mol. The molecule has 0 spiro atoms.